The van der Waals surface area contributed by atoms with Gasteiger partial charge in [0.2, 0.25) is 0 Å². The summed E-state index contributed by atoms with van der Waals surface area (Å²) in [4.78, 5) is 23.9. The molecule has 138 valence electrons. The van der Waals surface area contributed by atoms with Gasteiger partial charge in [-0.1, -0.05) is 17.7 Å². The molecule has 0 radical (unpaired) electrons. The van der Waals surface area contributed by atoms with Gasteiger partial charge in [0.05, 0.1) is 19.2 Å². The van der Waals surface area contributed by atoms with Gasteiger partial charge >= 0.3 is 5.97 Å². The Balaban J connectivity index is 1.89. The predicted molar refractivity (Wildman–Crippen MR) is 93.1 cm³/mol. The fourth-order valence-corrected chi connectivity index (χ4v) is 2.26. The highest BCUT2D eigenvalue weighted by atomic mass is 35.5. The number of amides is 1. The summed E-state index contributed by atoms with van der Waals surface area (Å²) in [7, 11) is 2.93. The molecule has 0 bridgehead atoms. The second kappa shape index (κ2) is 9.05. The SMILES string of the molecule is COc1cc(OC)cc(C(=O)NCC(=O)OCc2ccc(F)cc2Cl)c1. The summed E-state index contributed by atoms with van der Waals surface area (Å²) in [6.07, 6.45) is 0. The smallest absolute Gasteiger partial charge is 0.325 e. The number of halogens is 2. The van der Waals surface area contributed by atoms with Crippen LogP contribution in [0, 0.1) is 5.82 Å². The average Bonchev–Trinajstić information content (AvgIpc) is 2.64. The minimum Gasteiger partial charge on any atom is -0.497 e. The Hall–Kier alpha value is -2.80. The molecule has 0 heterocycles. The second-order valence-corrected chi connectivity index (χ2v) is 5.59. The molecule has 1 amide bonds. The van der Waals surface area contributed by atoms with Crippen LogP contribution in [0.25, 0.3) is 0 Å². The van der Waals surface area contributed by atoms with E-state index in [2.05, 4.69) is 5.32 Å². The predicted octanol–water partition coefficient (Wildman–Crippen LogP) is 2.97. The lowest BCUT2D eigenvalue weighted by Gasteiger charge is -2.10. The summed E-state index contributed by atoms with van der Waals surface area (Å²) in [5.41, 5.74) is 0.737. The summed E-state index contributed by atoms with van der Waals surface area (Å²) >= 11 is 5.85. The number of carbonyl (C=O) groups is 2. The number of hydrogen-bond donors (Lipinski definition) is 1. The number of nitrogens with one attached hydrogen (secondary N) is 1. The van der Waals surface area contributed by atoms with E-state index in [0.29, 0.717) is 17.1 Å². The number of ether oxygens (including phenoxy) is 3. The van der Waals surface area contributed by atoms with E-state index in [-0.39, 0.29) is 23.7 Å². The third-order valence-electron chi connectivity index (χ3n) is 3.41. The van der Waals surface area contributed by atoms with Gasteiger partial charge in [0, 0.05) is 17.2 Å². The quantitative estimate of drug-likeness (QED) is 0.746. The summed E-state index contributed by atoms with van der Waals surface area (Å²) in [5, 5.41) is 2.60. The standard InChI is InChI=1S/C18H17ClFNO5/c1-24-14-5-12(6-15(8-14)25-2)18(23)21-9-17(22)26-10-11-3-4-13(20)7-16(11)19/h3-8H,9-10H2,1-2H3,(H,21,23). The lowest BCUT2D eigenvalue weighted by Crippen LogP contribution is -2.30. The van der Waals surface area contributed by atoms with E-state index in [1.807, 2.05) is 0 Å². The minimum atomic E-state index is -0.659. The lowest BCUT2D eigenvalue weighted by molar-refractivity contribution is -0.143. The van der Waals surface area contributed by atoms with Gasteiger partial charge in [-0.25, -0.2) is 4.39 Å². The van der Waals surface area contributed by atoms with Crippen LogP contribution in [0.3, 0.4) is 0 Å². The van der Waals surface area contributed by atoms with Gasteiger partial charge in [0.1, 0.15) is 30.5 Å². The summed E-state index contributed by atoms with van der Waals surface area (Å²) in [6.45, 7) is -0.460. The van der Waals surface area contributed by atoms with Crippen LogP contribution in [0.1, 0.15) is 15.9 Å². The average molecular weight is 382 g/mol. The van der Waals surface area contributed by atoms with E-state index in [0.717, 1.165) is 6.07 Å². The first-order valence-electron chi connectivity index (χ1n) is 7.53. The van der Waals surface area contributed by atoms with E-state index in [4.69, 9.17) is 25.8 Å². The third kappa shape index (κ3) is 5.35. The van der Waals surface area contributed by atoms with E-state index in [1.54, 1.807) is 6.07 Å². The normalized spacial score (nSPS) is 10.2. The number of hydrogen-bond acceptors (Lipinski definition) is 5. The van der Waals surface area contributed by atoms with E-state index < -0.39 is 17.7 Å². The van der Waals surface area contributed by atoms with Crippen molar-refractivity contribution in [2.24, 2.45) is 0 Å². The maximum Gasteiger partial charge on any atom is 0.325 e. The van der Waals surface area contributed by atoms with Crippen molar-refractivity contribution in [2.75, 3.05) is 20.8 Å². The van der Waals surface area contributed by atoms with Crippen molar-refractivity contribution in [1.29, 1.82) is 0 Å². The molecule has 0 aliphatic rings. The van der Waals surface area contributed by atoms with Crippen LogP contribution >= 0.6 is 11.6 Å². The van der Waals surface area contributed by atoms with Gasteiger partial charge < -0.3 is 19.5 Å². The highest BCUT2D eigenvalue weighted by Crippen LogP contribution is 2.22. The monoisotopic (exact) mass is 381 g/mol. The van der Waals surface area contributed by atoms with Crippen molar-refractivity contribution in [3.05, 3.63) is 58.4 Å². The molecule has 1 N–H and O–H groups in total. The maximum absolute atomic E-state index is 13.0. The Kier molecular flexibility index (Phi) is 6.80. The Bertz CT molecular complexity index is 790. The number of rotatable bonds is 7. The van der Waals surface area contributed by atoms with Gasteiger partial charge in [-0.2, -0.15) is 0 Å². The van der Waals surface area contributed by atoms with Crippen LogP contribution in [0.15, 0.2) is 36.4 Å². The highest BCUT2D eigenvalue weighted by Gasteiger charge is 2.12. The lowest BCUT2D eigenvalue weighted by atomic mass is 10.2. The summed E-state index contributed by atoms with van der Waals surface area (Å²) in [5.74, 6) is -0.732. The molecule has 0 saturated carbocycles. The molecule has 8 heteroatoms. The van der Waals surface area contributed by atoms with Crippen molar-refractivity contribution in [3.63, 3.8) is 0 Å². The molecule has 0 aliphatic heterocycles. The van der Waals surface area contributed by atoms with Crippen LogP contribution < -0.4 is 14.8 Å². The van der Waals surface area contributed by atoms with E-state index >= 15 is 0 Å². The van der Waals surface area contributed by atoms with Gasteiger partial charge in [-0.15, -0.1) is 0 Å². The highest BCUT2D eigenvalue weighted by molar-refractivity contribution is 6.31. The molecular formula is C18H17ClFNO5. The molecule has 0 aliphatic carbocycles. The van der Waals surface area contributed by atoms with Crippen LogP contribution in [-0.2, 0) is 16.1 Å². The molecule has 2 aromatic carbocycles. The minimum absolute atomic E-state index is 0.124. The molecule has 0 fully saturated rings. The topological polar surface area (TPSA) is 73.9 Å². The van der Waals surface area contributed by atoms with Crippen molar-refractivity contribution >= 4 is 23.5 Å². The number of esters is 1. The zero-order valence-corrected chi connectivity index (χ0v) is 14.9. The van der Waals surface area contributed by atoms with E-state index in [9.17, 15) is 14.0 Å². The third-order valence-corrected chi connectivity index (χ3v) is 3.76. The molecule has 0 atom stereocenters. The molecular weight excluding hydrogens is 365 g/mol. The van der Waals surface area contributed by atoms with Gasteiger partial charge in [-0.05, 0) is 24.3 Å². The fourth-order valence-electron chi connectivity index (χ4n) is 2.04. The van der Waals surface area contributed by atoms with Crippen LogP contribution in [0.2, 0.25) is 5.02 Å². The van der Waals surface area contributed by atoms with Crippen LogP contribution in [0.4, 0.5) is 4.39 Å². The van der Waals surface area contributed by atoms with Crippen molar-refractivity contribution in [2.45, 2.75) is 6.61 Å². The largest absolute Gasteiger partial charge is 0.497 e. The molecule has 6 nitrogen and oxygen atoms in total. The first kappa shape index (κ1) is 19.5. The second-order valence-electron chi connectivity index (χ2n) is 5.18. The molecule has 0 saturated heterocycles. The van der Waals surface area contributed by atoms with E-state index in [1.165, 1.54) is 38.5 Å². The zero-order chi connectivity index (χ0) is 19.1. The van der Waals surface area contributed by atoms with Crippen LogP contribution in [0.5, 0.6) is 11.5 Å². The first-order chi connectivity index (χ1) is 12.4. The summed E-state index contributed by atoms with van der Waals surface area (Å²) in [6, 6.07) is 8.42. The Morgan fingerprint density at radius 1 is 1.08 bits per heavy atom. The number of methoxy groups -OCH3 is 2. The number of carbonyl (C=O) groups excluding carboxylic acids is 2. The van der Waals surface area contributed by atoms with Gasteiger partial charge in [-0.3, -0.25) is 9.59 Å². The molecule has 0 spiro atoms. The van der Waals surface area contributed by atoms with Crippen molar-refractivity contribution in [3.8, 4) is 11.5 Å². The molecule has 26 heavy (non-hydrogen) atoms. The Morgan fingerprint density at radius 2 is 1.73 bits per heavy atom. The van der Waals surface area contributed by atoms with Crippen molar-refractivity contribution in [1.82, 2.24) is 5.32 Å². The summed E-state index contributed by atoms with van der Waals surface area (Å²) < 4.78 is 28.2. The van der Waals surface area contributed by atoms with Crippen LogP contribution in [-0.4, -0.2) is 32.6 Å². The molecule has 2 rings (SSSR count). The molecule has 2 aromatic rings. The fraction of sp³-hybridized carbons (Fsp3) is 0.222. The molecule has 0 unspecified atom stereocenters. The van der Waals surface area contributed by atoms with Gasteiger partial charge in [0.25, 0.3) is 5.91 Å². The Labute approximate surface area is 154 Å². The molecule has 0 aromatic heterocycles. The number of benzene rings is 2. The first-order valence-corrected chi connectivity index (χ1v) is 7.91. The maximum atomic E-state index is 13.0. The van der Waals surface area contributed by atoms with Crippen molar-refractivity contribution < 1.29 is 28.2 Å². The van der Waals surface area contributed by atoms with Gasteiger partial charge in [0.15, 0.2) is 0 Å². The zero-order valence-electron chi connectivity index (χ0n) is 14.2. The Morgan fingerprint density at radius 3 is 2.31 bits per heavy atom.